The summed E-state index contributed by atoms with van der Waals surface area (Å²) in [4.78, 5) is 0. The second kappa shape index (κ2) is 5.85. The lowest BCUT2D eigenvalue weighted by Gasteiger charge is -2.10. The third kappa shape index (κ3) is 2.70. The highest BCUT2D eigenvalue weighted by Crippen LogP contribution is 2.26. The first-order valence-corrected chi connectivity index (χ1v) is 5.61. The molecule has 9 heteroatoms. The minimum Gasteiger partial charge on any atom is -0.380 e. The van der Waals surface area contributed by atoms with Crippen molar-refractivity contribution in [3.63, 3.8) is 0 Å². The molecule has 0 spiro atoms. The van der Waals surface area contributed by atoms with E-state index in [4.69, 9.17) is 0 Å². The Bertz CT molecular complexity index is 570. The van der Waals surface area contributed by atoms with Crippen LogP contribution in [0.25, 0.3) is 0 Å². The number of hydrogen-bond donors (Lipinski definition) is 1. The molecule has 20 heavy (non-hydrogen) atoms. The summed E-state index contributed by atoms with van der Waals surface area (Å²) in [5.41, 5.74) is -1.03. The number of nitrogens with one attached hydrogen (secondary N) is 1. The lowest BCUT2D eigenvalue weighted by molar-refractivity contribution is 0.381. The fourth-order valence-electron chi connectivity index (χ4n) is 1.57. The van der Waals surface area contributed by atoms with Crippen molar-refractivity contribution in [2.45, 2.75) is 13.0 Å². The van der Waals surface area contributed by atoms with Gasteiger partial charge in [-0.05, 0) is 6.42 Å². The maximum atomic E-state index is 13.3. The summed E-state index contributed by atoms with van der Waals surface area (Å²) in [6.07, 6.45) is 3.40. The maximum absolute atomic E-state index is 13.3. The van der Waals surface area contributed by atoms with E-state index < -0.39 is 34.8 Å². The molecule has 0 unspecified atom stereocenters. The van der Waals surface area contributed by atoms with Crippen LogP contribution in [0.2, 0.25) is 0 Å². The van der Waals surface area contributed by atoms with Crippen LogP contribution in [-0.4, -0.2) is 21.5 Å². The molecule has 1 aromatic heterocycles. The monoisotopic (exact) mass is 292 g/mol. The summed E-state index contributed by atoms with van der Waals surface area (Å²) in [6, 6.07) is 0. The van der Waals surface area contributed by atoms with Crippen molar-refractivity contribution in [1.29, 1.82) is 0 Å². The van der Waals surface area contributed by atoms with Gasteiger partial charge in [0.25, 0.3) is 0 Å². The van der Waals surface area contributed by atoms with Gasteiger partial charge in [0, 0.05) is 19.3 Å². The van der Waals surface area contributed by atoms with E-state index in [1.54, 1.807) is 6.20 Å². The molecule has 1 heterocycles. The van der Waals surface area contributed by atoms with Gasteiger partial charge in [-0.25, -0.2) is 22.0 Å². The van der Waals surface area contributed by atoms with Crippen LogP contribution in [0.15, 0.2) is 12.4 Å². The van der Waals surface area contributed by atoms with E-state index in [0.717, 1.165) is 0 Å². The van der Waals surface area contributed by atoms with Gasteiger partial charge in [0.05, 0.1) is 6.20 Å². The van der Waals surface area contributed by atoms with Crippen LogP contribution in [0.3, 0.4) is 0 Å². The highest BCUT2D eigenvalue weighted by atomic mass is 19.2. The molecule has 108 valence electrons. The predicted molar refractivity (Wildman–Crippen MR) is 59.4 cm³/mol. The quantitative estimate of drug-likeness (QED) is 0.398. The highest BCUT2D eigenvalue weighted by molar-refractivity contribution is 5.47. The molecule has 1 N–H and O–H groups in total. The van der Waals surface area contributed by atoms with Gasteiger partial charge in [0.1, 0.15) is 5.69 Å². The van der Waals surface area contributed by atoms with Gasteiger partial charge in [-0.2, -0.15) is 0 Å². The van der Waals surface area contributed by atoms with Gasteiger partial charge in [-0.15, -0.1) is 5.10 Å². The first-order valence-electron chi connectivity index (χ1n) is 5.61. The van der Waals surface area contributed by atoms with Gasteiger partial charge >= 0.3 is 0 Å². The van der Waals surface area contributed by atoms with Crippen molar-refractivity contribution in [2.75, 3.05) is 11.9 Å². The Morgan fingerprint density at radius 1 is 0.950 bits per heavy atom. The molecule has 1 aromatic carbocycles. The zero-order chi connectivity index (χ0) is 14.7. The third-order valence-corrected chi connectivity index (χ3v) is 2.55. The third-order valence-electron chi connectivity index (χ3n) is 2.55. The molecule has 0 atom stereocenters. The largest absolute Gasteiger partial charge is 0.380 e. The number of halogens is 5. The summed E-state index contributed by atoms with van der Waals surface area (Å²) in [5, 5.41) is 9.40. The summed E-state index contributed by atoms with van der Waals surface area (Å²) < 4.78 is 66.7. The Labute approximate surface area is 110 Å². The lowest BCUT2D eigenvalue weighted by atomic mass is 10.2. The number of aryl methyl sites for hydroxylation is 1. The number of nitrogens with zero attached hydrogens (tertiary/aromatic N) is 3. The van der Waals surface area contributed by atoms with Crippen LogP contribution in [0, 0.1) is 29.1 Å². The van der Waals surface area contributed by atoms with Crippen molar-refractivity contribution < 1.29 is 22.0 Å². The molecule has 0 saturated carbocycles. The van der Waals surface area contributed by atoms with Crippen LogP contribution < -0.4 is 5.32 Å². The van der Waals surface area contributed by atoms with Crippen molar-refractivity contribution in [1.82, 2.24) is 15.0 Å². The molecule has 0 aliphatic carbocycles. The lowest BCUT2D eigenvalue weighted by Crippen LogP contribution is -2.12. The number of hydrogen-bond acceptors (Lipinski definition) is 3. The van der Waals surface area contributed by atoms with Crippen molar-refractivity contribution >= 4 is 5.69 Å². The van der Waals surface area contributed by atoms with Gasteiger partial charge in [0.2, 0.25) is 5.82 Å². The van der Waals surface area contributed by atoms with Crippen molar-refractivity contribution in [3.8, 4) is 0 Å². The molecule has 2 rings (SSSR count). The topological polar surface area (TPSA) is 42.7 Å². The average Bonchev–Trinajstić information content (AvgIpc) is 2.95. The molecular weight excluding hydrogens is 283 g/mol. The van der Waals surface area contributed by atoms with Crippen molar-refractivity contribution in [2.24, 2.45) is 0 Å². The Morgan fingerprint density at radius 2 is 1.55 bits per heavy atom. The summed E-state index contributed by atoms with van der Waals surface area (Å²) >= 11 is 0. The number of anilines is 1. The Hall–Kier alpha value is -2.19. The van der Waals surface area contributed by atoms with Gasteiger partial charge in [-0.1, -0.05) is 5.21 Å². The molecule has 0 aliphatic heterocycles. The molecule has 0 bridgehead atoms. The standard InChI is InChI=1S/C11H9F5N4/c12-6-7(13)9(15)11(10(16)8(6)14)17-2-1-4-20-5-3-18-19-20/h3,5,17H,1-2,4H2. The summed E-state index contributed by atoms with van der Waals surface area (Å²) in [6.45, 7) is 0.403. The summed E-state index contributed by atoms with van der Waals surface area (Å²) in [7, 11) is 0. The van der Waals surface area contributed by atoms with Crippen LogP contribution in [-0.2, 0) is 6.54 Å². The normalized spacial score (nSPS) is 10.8. The number of aromatic nitrogens is 3. The van der Waals surface area contributed by atoms with E-state index in [1.165, 1.54) is 10.9 Å². The van der Waals surface area contributed by atoms with Crippen LogP contribution in [0.1, 0.15) is 6.42 Å². The zero-order valence-electron chi connectivity index (χ0n) is 10.0. The minimum atomic E-state index is -2.17. The maximum Gasteiger partial charge on any atom is 0.200 e. The first kappa shape index (κ1) is 14.2. The molecule has 0 radical (unpaired) electrons. The van der Waals surface area contributed by atoms with E-state index in [-0.39, 0.29) is 6.54 Å². The molecule has 2 aromatic rings. The molecule has 0 amide bonds. The molecule has 4 nitrogen and oxygen atoms in total. The molecule has 0 fully saturated rings. The molecule has 0 aliphatic rings. The molecular formula is C11H9F5N4. The van der Waals surface area contributed by atoms with E-state index in [1.807, 2.05) is 0 Å². The van der Waals surface area contributed by atoms with E-state index in [0.29, 0.717) is 13.0 Å². The Balaban J connectivity index is 2.02. The van der Waals surface area contributed by atoms with Gasteiger partial charge in [-0.3, -0.25) is 4.68 Å². The summed E-state index contributed by atoms with van der Waals surface area (Å²) in [5.74, 6) is -9.86. The Morgan fingerprint density at radius 3 is 2.10 bits per heavy atom. The Kier molecular flexibility index (Phi) is 4.16. The van der Waals surface area contributed by atoms with Crippen LogP contribution in [0.5, 0.6) is 0 Å². The second-order valence-electron chi connectivity index (χ2n) is 3.89. The van der Waals surface area contributed by atoms with Crippen LogP contribution in [0.4, 0.5) is 27.6 Å². The highest BCUT2D eigenvalue weighted by Gasteiger charge is 2.25. The fourth-order valence-corrected chi connectivity index (χ4v) is 1.57. The number of benzene rings is 1. The number of rotatable bonds is 5. The fraction of sp³-hybridized carbons (Fsp3) is 0.273. The second-order valence-corrected chi connectivity index (χ2v) is 3.89. The van der Waals surface area contributed by atoms with E-state index >= 15 is 0 Å². The average molecular weight is 292 g/mol. The van der Waals surface area contributed by atoms with Gasteiger partial charge in [0.15, 0.2) is 23.3 Å². The minimum absolute atomic E-state index is 0.0121. The smallest absolute Gasteiger partial charge is 0.200 e. The van der Waals surface area contributed by atoms with Crippen molar-refractivity contribution in [3.05, 3.63) is 41.5 Å². The van der Waals surface area contributed by atoms with Crippen LogP contribution >= 0.6 is 0 Å². The predicted octanol–water partition coefficient (Wildman–Crippen LogP) is 2.48. The van der Waals surface area contributed by atoms with E-state index in [2.05, 4.69) is 15.6 Å². The first-order chi connectivity index (χ1) is 9.52. The van der Waals surface area contributed by atoms with E-state index in [9.17, 15) is 22.0 Å². The SMILES string of the molecule is Fc1c(F)c(F)c(NCCCn2ccnn2)c(F)c1F. The van der Waals surface area contributed by atoms with Gasteiger partial charge < -0.3 is 5.32 Å². The zero-order valence-corrected chi connectivity index (χ0v) is 10.0. The molecule has 0 saturated heterocycles.